The van der Waals surface area contributed by atoms with Gasteiger partial charge in [-0.1, -0.05) is 17.3 Å². The number of aryl methyl sites for hydroxylation is 1. The number of methoxy groups -OCH3 is 1. The Morgan fingerprint density at radius 3 is 2.96 bits per heavy atom. The van der Waals surface area contributed by atoms with Crippen molar-refractivity contribution in [3.05, 3.63) is 41.2 Å². The van der Waals surface area contributed by atoms with Gasteiger partial charge < -0.3 is 15.4 Å². The van der Waals surface area contributed by atoms with Crippen LogP contribution in [-0.2, 0) is 6.42 Å². The van der Waals surface area contributed by atoms with E-state index in [1.54, 1.807) is 7.11 Å². The maximum absolute atomic E-state index is 12.4. The zero-order valence-corrected chi connectivity index (χ0v) is 15.5. The minimum absolute atomic E-state index is 0.145. The lowest BCUT2D eigenvalue weighted by atomic mass is 10.1. The maximum Gasteiger partial charge on any atom is 0.273 e. The van der Waals surface area contributed by atoms with Gasteiger partial charge in [0.1, 0.15) is 5.75 Å². The average molecular weight is 357 g/mol. The van der Waals surface area contributed by atoms with Crippen molar-refractivity contribution in [3.63, 3.8) is 0 Å². The molecule has 7 heteroatoms. The highest BCUT2D eigenvalue weighted by Crippen LogP contribution is 2.20. The highest BCUT2D eigenvalue weighted by molar-refractivity contribution is 5.93. The van der Waals surface area contributed by atoms with Crippen molar-refractivity contribution in [2.75, 3.05) is 26.7 Å². The van der Waals surface area contributed by atoms with Crippen molar-refractivity contribution in [1.82, 2.24) is 25.6 Å². The first-order valence-corrected chi connectivity index (χ1v) is 9.22. The van der Waals surface area contributed by atoms with E-state index in [0.29, 0.717) is 18.3 Å². The van der Waals surface area contributed by atoms with Gasteiger partial charge in [0, 0.05) is 6.54 Å². The minimum Gasteiger partial charge on any atom is -0.497 e. The summed E-state index contributed by atoms with van der Waals surface area (Å²) in [6, 6.07) is 8.34. The van der Waals surface area contributed by atoms with Gasteiger partial charge in [-0.15, -0.1) is 5.10 Å². The molecule has 140 valence electrons. The van der Waals surface area contributed by atoms with Gasteiger partial charge >= 0.3 is 0 Å². The number of amides is 1. The summed E-state index contributed by atoms with van der Waals surface area (Å²) in [5.74, 6) is 0.713. The molecule has 1 aromatic carbocycles. The predicted octanol–water partition coefficient (Wildman–Crippen LogP) is 1.88. The van der Waals surface area contributed by atoms with Gasteiger partial charge in [-0.3, -0.25) is 4.79 Å². The van der Waals surface area contributed by atoms with Crippen molar-refractivity contribution < 1.29 is 9.53 Å². The van der Waals surface area contributed by atoms with E-state index in [9.17, 15) is 4.79 Å². The number of ether oxygens (including phenoxy) is 1. The summed E-state index contributed by atoms with van der Waals surface area (Å²) in [6.07, 6.45) is 3.79. The molecule has 0 bridgehead atoms. The van der Waals surface area contributed by atoms with E-state index < -0.39 is 0 Å². The van der Waals surface area contributed by atoms with Gasteiger partial charge in [0.25, 0.3) is 5.91 Å². The molecule has 0 unspecified atom stereocenters. The van der Waals surface area contributed by atoms with Crippen LogP contribution >= 0.6 is 0 Å². The fourth-order valence-electron chi connectivity index (χ4n) is 3.35. The minimum atomic E-state index is -0.145. The lowest BCUT2D eigenvalue weighted by Crippen LogP contribution is -2.30. The average Bonchev–Trinajstić information content (AvgIpc) is 3.07. The second-order valence-corrected chi connectivity index (χ2v) is 6.66. The number of rotatable bonds is 7. The Labute approximate surface area is 154 Å². The molecule has 1 aromatic heterocycles. The van der Waals surface area contributed by atoms with Crippen molar-refractivity contribution in [2.24, 2.45) is 0 Å². The van der Waals surface area contributed by atoms with Crippen molar-refractivity contribution >= 4 is 5.91 Å². The van der Waals surface area contributed by atoms with Gasteiger partial charge in [-0.05, 0) is 63.4 Å². The van der Waals surface area contributed by atoms with Crippen molar-refractivity contribution in [3.8, 4) is 5.75 Å². The molecule has 2 aromatic rings. The number of nitrogens with zero attached hydrogens (tertiary/aromatic N) is 3. The first-order chi connectivity index (χ1) is 12.7. The molecule has 7 nitrogen and oxygen atoms in total. The standard InChI is InChI=1S/C19H27N5O2/c1-14-18(22-23-24(14)16-8-11-20-12-9-16)19(25)21-10-4-6-15-5-3-7-17(13-15)26-2/h3,5,7,13,16,20H,4,6,8-12H2,1-2H3,(H,21,25). The Morgan fingerprint density at radius 1 is 1.38 bits per heavy atom. The molecule has 2 N–H and O–H groups in total. The van der Waals surface area contributed by atoms with Crippen molar-refractivity contribution in [2.45, 2.75) is 38.6 Å². The summed E-state index contributed by atoms with van der Waals surface area (Å²) >= 11 is 0. The van der Waals surface area contributed by atoms with Crippen LogP contribution in [0.25, 0.3) is 0 Å². The SMILES string of the molecule is COc1cccc(CCCNC(=O)c2nnn(C3CCNCC3)c2C)c1. The third-order valence-corrected chi connectivity index (χ3v) is 4.86. The van der Waals surface area contributed by atoms with Crippen LogP contribution in [0.15, 0.2) is 24.3 Å². The van der Waals surface area contributed by atoms with E-state index in [1.165, 1.54) is 5.56 Å². The number of hydrogen-bond donors (Lipinski definition) is 2. The maximum atomic E-state index is 12.4. The summed E-state index contributed by atoms with van der Waals surface area (Å²) < 4.78 is 7.14. The fraction of sp³-hybridized carbons (Fsp3) is 0.526. The Hall–Kier alpha value is -2.41. The summed E-state index contributed by atoms with van der Waals surface area (Å²) in [5, 5.41) is 14.6. The molecular formula is C19H27N5O2. The number of aromatic nitrogens is 3. The highest BCUT2D eigenvalue weighted by Gasteiger charge is 2.22. The van der Waals surface area contributed by atoms with Gasteiger partial charge in [0.2, 0.25) is 0 Å². The van der Waals surface area contributed by atoms with E-state index in [2.05, 4.69) is 27.0 Å². The van der Waals surface area contributed by atoms with E-state index in [-0.39, 0.29) is 5.91 Å². The summed E-state index contributed by atoms with van der Waals surface area (Å²) in [4.78, 5) is 12.4. The van der Waals surface area contributed by atoms with Crippen LogP contribution in [0.3, 0.4) is 0 Å². The number of piperidine rings is 1. The molecule has 3 rings (SSSR count). The zero-order valence-electron chi connectivity index (χ0n) is 15.5. The molecular weight excluding hydrogens is 330 g/mol. The molecule has 2 heterocycles. The molecule has 0 saturated carbocycles. The summed E-state index contributed by atoms with van der Waals surface area (Å²) in [7, 11) is 1.67. The van der Waals surface area contributed by atoms with Gasteiger partial charge in [0.15, 0.2) is 5.69 Å². The summed E-state index contributed by atoms with van der Waals surface area (Å²) in [5.41, 5.74) is 2.48. The molecule has 0 radical (unpaired) electrons. The fourth-order valence-corrected chi connectivity index (χ4v) is 3.35. The summed E-state index contributed by atoms with van der Waals surface area (Å²) in [6.45, 7) is 4.49. The van der Waals surface area contributed by atoms with Crippen LogP contribution in [0.1, 0.15) is 47.1 Å². The van der Waals surface area contributed by atoms with Gasteiger partial charge in [-0.2, -0.15) is 0 Å². The number of carbonyl (C=O) groups is 1. The molecule has 0 aliphatic carbocycles. The quantitative estimate of drug-likeness (QED) is 0.740. The Bertz CT molecular complexity index is 737. The Balaban J connectivity index is 1.49. The smallest absolute Gasteiger partial charge is 0.273 e. The highest BCUT2D eigenvalue weighted by atomic mass is 16.5. The van der Waals surface area contributed by atoms with E-state index in [4.69, 9.17) is 4.74 Å². The monoisotopic (exact) mass is 357 g/mol. The van der Waals surface area contributed by atoms with Crippen LogP contribution in [0.5, 0.6) is 5.75 Å². The third kappa shape index (κ3) is 4.40. The van der Waals surface area contributed by atoms with Gasteiger partial charge in [-0.25, -0.2) is 4.68 Å². The molecule has 1 fully saturated rings. The topological polar surface area (TPSA) is 81.1 Å². The first-order valence-electron chi connectivity index (χ1n) is 9.22. The van der Waals surface area contributed by atoms with E-state index in [1.807, 2.05) is 29.8 Å². The Kier molecular flexibility index (Phi) is 6.22. The largest absolute Gasteiger partial charge is 0.497 e. The van der Waals surface area contributed by atoms with Crippen LogP contribution in [0.4, 0.5) is 0 Å². The van der Waals surface area contributed by atoms with E-state index >= 15 is 0 Å². The molecule has 0 atom stereocenters. The molecule has 1 aliphatic rings. The third-order valence-electron chi connectivity index (χ3n) is 4.86. The van der Waals surface area contributed by atoms with Crippen LogP contribution in [0.2, 0.25) is 0 Å². The van der Waals surface area contributed by atoms with Crippen molar-refractivity contribution in [1.29, 1.82) is 0 Å². The molecule has 1 saturated heterocycles. The van der Waals surface area contributed by atoms with E-state index in [0.717, 1.165) is 50.2 Å². The van der Waals surface area contributed by atoms with Crippen LogP contribution < -0.4 is 15.4 Å². The normalized spacial score (nSPS) is 15.0. The second-order valence-electron chi connectivity index (χ2n) is 6.66. The lowest BCUT2D eigenvalue weighted by molar-refractivity contribution is 0.0947. The Morgan fingerprint density at radius 2 is 2.19 bits per heavy atom. The zero-order chi connectivity index (χ0) is 18.4. The number of carbonyl (C=O) groups excluding carboxylic acids is 1. The van der Waals surface area contributed by atoms with Gasteiger partial charge in [0.05, 0.1) is 18.8 Å². The molecule has 26 heavy (non-hydrogen) atoms. The number of nitrogens with one attached hydrogen (secondary N) is 2. The lowest BCUT2D eigenvalue weighted by Gasteiger charge is -2.23. The molecule has 1 amide bonds. The van der Waals surface area contributed by atoms with Crippen LogP contribution in [-0.4, -0.2) is 47.6 Å². The first kappa shape index (κ1) is 18.4. The predicted molar refractivity (Wildman–Crippen MR) is 99.5 cm³/mol. The van der Waals surface area contributed by atoms with Crippen LogP contribution in [0, 0.1) is 6.92 Å². The number of hydrogen-bond acceptors (Lipinski definition) is 5. The second kappa shape index (κ2) is 8.80. The number of benzene rings is 1. The molecule has 0 spiro atoms. The molecule has 1 aliphatic heterocycles.